The Kier molecular flexibility index (Phi) is 8.77. The minimum Gasteiger partial charge on any atom is -0.333 e. The Balaban J connectivity index is 1.48. The molecular formula is C22H16F8N6O2. The molecule has 16 heteroatoms. The van der Waals surface area contributed by atoms with Gasteiger partial charge in [0, 0.05) is 25.2 Å². The lowest BCUT2D eigenvalue weighted by atomic mass is 10.1. The van der Waals surface area contributed by atoms with Gasteiger partial charge in [0.25, 0.3) is 0 Å². The van der Waals surface area contributed by atoms with Gasteiger partial charge >= 0.3 is 12.1 Å². The van der Waals surface area contributed by atoms with Crippen LogP contribution in [0.4, 0.5) is 56.1 Å². The zero-order valence-electron chi connectivity index (χ0n) is 18.7. The van der Waals surface area contributed by atoms with Crippen molar-refractivity contribution in [2.75, 3.05) is 10.9 Å². The molecule has 8 nitrogen and oxygen atoms in total. The van der Waals surface area contributed by atoms with E-state index in [1.165, 1.54) is 6.07 Å². The third-order valence-corrected chi connectivity index (χ3v) is 4.72. The number of nitrogens with one attached hydrogen (secondary N) is 6. The van der Waals surface area contributed by atoms with E-state index in [1.807, 2.05) is 10.9 Å². The second-order valence-electron chi connectivity index (χ2n) is 7.37. The molecule has 0 unspecified atom stereocenters. The molecule has 0 saturated carbocycles. The van der Waals surface area contributed by atoms with E-state index in [2.05, 4.69) is 10.6 Å². The maximum atomic E-state index is 13.6. The molecule has 3 aromatic rings. The van der Waals surface area contributed by atoms with Crippen molar-refractivity contribution >= 4 is 23.4 Å². The van der Waals surface area contributed by atoms with Crippen LogP contribution in [0.15, 0.2) is 36.4 Å². The molecule has 202 valence electrons. The van der Waals surface area contributed by atoms with E-state index in [0.29, 0.717) is 11.1 Å². The molecule has 0 fully saturated rings. The molecule has 0 aromatic heterocycles. The summed E-state index contributed by atoms with van der Waals surface area (Å²) in [5, 5.41) is 4.60. The first-order chi connectivity index (χ1) is 18.0. The normalized spacial score (nSPS) is 10.5. The van der Waals surface area contributed by atoms with Crippen molar-refractivity contribution in [3.05, 3.63) is 94.1 Å². The van der Waals surface area contributed by atoms with Gasteiger partial charge in [0.2, 0.25) is 0 Å². The fraction of sp³-hybridized carbons (Fsp3) is 0.0909. The predicted octanol–water partition coefficient (Wildman–Crippen LogP) is 4.45. The Morgan fingerprint density at radius 2 is 0.895 bits per heavy atom. The molecule has 3 aromatic carbocycles. The lowest BCUT2D eigenvalue weighted by Gasteiger charge is -2.13. The Morgan fingerprint density at radius 3 is 1.24 bits per heavy atom. The van der Waals surface area contributed by atoms with E-state index >= 15 is 0 Å². The van der Waals surface area contributed by atoms with Crippen LogP contribution < -0.4 is 32.3 Å². The number of rotatable bonds is 8. The van der Waals surface area contributed by atoms with Crippen molar-refractivity contribution in [3.8, 4) is 0 Å². The number of hydrazine groups is 2. The first-order valence-electron chi connectivity index (χ1n) is 10.3. The quantitative estimate of drug-likeness (QED) is 0.142. The van der Waals surface area contributed by atoms with E-state index in [-0.39, 0.29) is 25.2 Å². The Bertz CT molecular complexity index is 1220. The molecule has 0 bridgehead atoms. The SMILES string of the molecule is O=C(NCc1cccc(CNC(=O)NNc2c(F)c(F)cc(F)c2F)c1)NNc1c(F)c(F)cc(F)c1F. The second kappa shape index (κ2) is 12.0. The van der Waals surface area contributed by atoms with Crippen LogP contribution >= 0.6 is 0 Å². The summed E-state index contributed by atoms with van der Waals surface area (Å²) in [4.78, 5) is 23.7. The fourth-order valence-electron chi connectivity index (χ4n) is 2.91. The number of hydrogen-bond donors (Lipinski definition) is 6. The molecule has 0 aliphatic heterocycles. The van der Waals surface area contributed by atoms with Crippen LogP contribution in [0.3, 0.4) is 0 Å². The fourth-order valence-corrected chi connectivity index (χ4v) is 2.91. The van der Waals surface area contributed by atoms with Crippen LogP contribution in [-0.4, -0.2) is 12.1 Å². The number of halogens is 8. The van der Waals surface area contributed by atoms with Gasteiger partial charge in [-0.1, -0.05) is 24.3 Å². The molecule has 3 rings (SSSR count). The largest absolute Gasteiger partial charge is 0.333 e. The molecule has 0 aliphatic rings. The third kappa shape index (κ3) is 6.71. The highest BCUT2D eigenvalue weighted by Crippen LogP contribution is 2.24. The molecule has 0 heterocycles. The molecule has 0 saturated heterocycles. The number of amides is 4. The molecule has 4 amide bonds. The number of benzene rings is 3. The Labute approximate surface area is 208 Å². The van der Waals surface area contributed by atoms with Gasteiger partial charge in [-0.3, -0.25) is 21.7 Å². The topological polar surface area (TPSA) is 106 Å². The molecule has 38 heavy (non-hydrogen) atoms. The predicted molar refractivity (Wildman–Crippen MR) is 117 cm³/mol. The number of carbonyl (C=O) groups excluding carboxylic acids is 2. The lowest BCUT2D eigenvalue weighted by molar-refractivity contribution is 0.241. The Hall–Kier alpha value is -4.76. The summed E-state index contributed by atoms with van der Waals surface area (Å²) >= 11 is 0. The monoisotopic (exact) mass is 548 g/mol. The van der Waals surface area contributed by atoms with Crippen molar-refractivity contribution in [2.45, 2.75) is 13.1 Å². The van der Waals surface area contributed by atoms with Crippen molar-refractivity contribution in [3.63, 3.8) is 0 Å². The molecule has 0 spiro atoms. The van der Waals surface area contributed by atoms with E-state index < -0.39 is 70.0 Å². The molecule has 0 radical (unpaired) electrons. The van der Waals surface area contributed by atoms with E-state index in [4.69, 9.17) is 0 Å². The first-order valence-corrected chi connectivity index (χ1v) is 10.3. The van der Waals surface area contributed by atoms with Gasteiger partial charge in [0.1, 0.15) is 11.4 Å². The smallest absolute Gasteiger partial charge is 0.333 e. The van der Waals surface area contributed by atoms with Crippen LogP contribution in [0.25, 0.3) is 0 Å². The highest BCUT2D eigenvalue weighted by atomic mass is 19.2. The Morgan fingerprint density at radius 1 is 0.553 bits per heavy atom. The van der Waals surface area contributed by atoms with Gasteiger partial charge in [-0.25, -0.2) is 44.7 Å². The van der Waals surface area contributed by atoms with Gasteiger partial charge < -0.3 is 10.6 Å². The number of carbonyl (C=O) groups is 2. The zero-order chi connectivity index (χ0) is 28.0. The van der Waals surface area contributed by atoms with E-state index in [1.54, 1.807) is 29.1 Å². The van der Waals surface area contributed by atoms with Crippen LogP contribution in [0.5, 0.6) is 0 Å². The summed E-state index contributed by atoms with van der Waals surface area (Å²) in [7, 11) is 0. The number of urea groups is 2. The summed E-state index contributed by atoms with van der Waals surface area (Å²) in [6.45, 7) is -0.275. The standard InChI is InChI=1S/C22H16F8N6O2/c23-11-5-12(24)16(28)19(15(11)27)33-35-21(37)31-7-9-2-1-3-10(4-9)8-32-22(38)36-34-20-17(29)13(25)6-14(26)18(20)30/h1-6,33-34H,7-8H2,(H2,31,35,37)(H2,32,36,38). The van der Waals surface area contributed by atoms with Crippen LogP contribution in [-0.2, 0) is 13.1 Å². The van der Waals surface area contributed by atoms with Crippen molar-refractivity contribution in [1.82, 2.24) is 21.5 Å². The summed E-state index contributed by atoms with van der Waals surface area (Å²) in [5.41, 5.74) is 5.58. The second-order valence-corrected chi connectivity index (χ2v) is 7.37. The highest BCUT2D eigenvalue weighted by Gasteiger charge is 2.20. The summed E-state index contributed by atoms with van der Waals surface area (Å²) in [5.74, 6) is -13.7. The zero-order valence-corrected chi connectivity index (χ0v) is 18.7. The van der Waals surface area contributed by atoms with Crippen LogP contribution in [0.2, 0.25) is 0 Å². The van der Waals surface area contributed by atoms with Gasteiger partial charge in [-0.2, -0.15) is 0 Å². The molecule has 0 aliphatic carbocycles. The van der Waals surface area contributed by atoms with Gasteiger partial charge in [-0.15, -0.1) is 0 Å². The van der Waals surface area contributed by atoms with Crippen molar-refractivity contribution < 1.29 is 44.7 Å². The average Bonchev–Trinajstić information content (AvgIpc) is 2.88. The van der Waals surface area contributed by atoms with Crippen LogP contribution in [0, 0.1) is 46.5 Å². The summed E-state index contributed by atoms with van der Waals surface area (Å²) < 4.78 is 107. The maximum Gasteiger partial charge on any atom is 0.333 e. The molecule has 6 N–H and O–H groups in total. The molecule has 0 atom stereocenters. The average molecular weight is 548 g/mol. The lowest BCUT2D eigenvalue weighted by Crippen LogP contribution is -2.39. The highest BCUT2D eigenvalue weighted by molar-refractivity contribution is 5.76. The minimum atomic E-state index is -1.75. The number of anilines is 2. The van der Waals surface area contributed by atoms with E-state index in [9.17, 15) is 44.7 Å². The maximum absolute atomic E-state index is 13.6. The van der Waals surface area contributed by atoms with Crippen LogP contribution in [0.1, 0.15) is 11.1 Å². The van der Waals surface area contributed by atoms with Gasteiger partial charge in [0.05, 0.1) is 0 Å². The van der Waals surface area contributed by atoms with E-state index in [0.717, 1.165) is 0 Å². The minimum absolute atomic E-state index is 0.00304. The third-order valence-electron chi connectivity index (χ3n) is 4.72. The summed E-state index contributed by atoms with van der Waals surface area (Å²) in [6, 6.07) is 4.15. The molecular weight excluding hydrogens is 532 g/mol. The van der Waals surface area contributed by atoms with Gasteiger partial charge in [0.15, 0.2) is 46.5 Å². The van der Waals surface area contributed by atoms with Crippen molar-refractivity contribution in [2.24, 2.45) is 0 Å². The van der Waals surface area contributed by atoms with Crippen molar-refractivity contribution in [1.29, 1.82) is 0 Å². The summed E-state index contributed by atoms with van der Waals surface area (Å²) in [6.07, 6.45) is 0. The first kappa shape index (κ1) is 27.8. The number of hydrogen-bond acceptors (Lipinski definition) is 4. The van der Waals surface area contributed by atoms with Gasteiger partial charge in [-0.05, 0) is 11.1 Å².